The Kier molecular flexibility index (Phi) is 8.61. The van der Waals surface area contributed by atoms with Crippen LogP contribution in [0.15, 0.2) is 48.3 Å². The van der Waals surface area contributed by atoms with Crippen LogP contribution in [-0.2, 0) is 0 Å². The van der Waals surface area contributed by atoms with Gasteiger partial charge in [0.2, 0.25) is 0 Å². The Morgan fingerprint density at radius 1 is 0.719 bits per heavy atom. The molecule has 0 atom stereocenters. The van der Waals surface area contributed by atoms with Crippen molar-refractivity contribution in [1.82, 2.24) is 0 Å². The minimum absolute atomic E-state index is 0.0427. The molecule has 32 heavy (non-hydrogen) atoms. The molecular weight excluding hydrogens is 398 g/mol. The van der Waals surface area contributed by atoms with Gasteiger partial charge in [0.05, 0.1) is 0 Å². The first-order chi connectivity index (χ1) is 15.6. The van der Waals surface area contributed by atoms with Gasteiger partial charge in [0.1, 0.15) is 12.5 Å². The third-order valence-electron chi connectivity index (χ3n) is 8.76. The number of hydrogen-bond acceptors (Lipinski definition) is 0. The molecule has 0 nitrogen and oxygen atoms in total. The molecule has 0 bridgehead atoms. The Labute approximate surface area is 194 Å². The van der Waals surface area contributed by atoms with E-state index in [9.17, 15) is 8.78 Å². The summed E-state index contributed by atoms with van der Waals surface area (Å²) in [6.07, 6.45) is 20.4. The van der Waals surface area contributed by atoms with Crippen molar-refractivity contribution >= 4 is 0 Å². The molecule has 4 rings (SSSR count). The minimum atomic E-state index is -0.682. The monoisotopic (exact) mass is 440 g/mol. The minimum Gasteiger partial charge on any atom is -0.246 e. The van der Waals surface area contributed by atoms with Crippen molar-refractivity contribution in [2.45, 2.75) is 95.8 Å². The van der Waals surface area contributed by atoms with E-state index in [0.29, 0.717) is 11.8 Å². The summed E-state index contributed by atoms with van der Waals surface area (Å²) in [5, 5.41) is 0. The fraction of sp³-hybridized carbons (Fsp3) is 0.667. The van der Waals surface area contributed by atoms with Crippen LogP contribution < -0.4 is 0 Å². The third kappa shape index (κ3) is 6.33. The summed E-state index contributed by atoms with van der Waals surface area (Å²) in [6, 6.07) is 9.68. The smallest absolute Gasteiger partial charge is 0.110 e. The molecule has 0 amide bonds. The van der Waals surface area contributed by atoms with E-state index in [0.717, 1.165) is 49.5 Å². The first kappa shape index (κ1) is 23.7. The number of allylic oxidation sites excluding steroid dienone is 4. The molecular formula is C30H42F2. The quantitative estimate of drug-likeness (QED) is 0.386. The van der Waals surface area contributed by atoms with Crippen molar-refractivity contribution < 1.29 is 8.78 Å². The molecule has 3 fully saturated rings. The Morgan fingerprint density at radius 3 is 1.62 bits per heavy atom. The highest BCUT2D eigenvalue weighted by Gasteiger charge is 2.25. The standard InChI is InChI=1S/C30H42F2/c1-22-2-10-25(11-3-22)27-16-18-28(19-17-27)26-12-6-23(7-13-26)4-5-24-8-14-29(15-9-24)30(32)20-21-31/h4-5,16-20,22-26,29H,2-3,6-15,21H2,1H3/b5-4+,30-20-. The molecule has 3 saturated carbocycles. The van der Waals surface area contributed by atoms with Crippen molar-refractivity contribution in [3.05, 3.63) is 59.4 Å². The fourth-order valence-corrected chi connectivity index (χ4v) is 6.42. The molecule has 0 unspecified atom stereocenters. The summed E-state index contributed by atoms with van der Waals surface area (Å²) in [7, 11) is 0. The number of benzene rings is 1. The topological polar surface area (TPSA) is 0 Å². The second-order valence-corrected chi connectivity index (χ2v) is 11.0. The van der Waals surface area contributed by atoms with E-state index < -0.39 is 6.67 Å². The van der Waals surface area contributed by atoms with E-state index in [1.54, 1.807) is 11.1 Å². The van der Waals surface area contributed by atoms with Crippen LogP contribution in [0.1, 0.15) is 107 Å². The average Bonchev–Trinajstić information content (AvgIpc) is 2.84. The van der Waals surface area contributed by atoms with E-state index in [1.165, 1.54) is 51.4 Å². The van der Waals surface area contributed by atoms with Crippen molar-refractivity contribution in [1.29, 1.82) is 0 Å². The molecule has 0 radical (unpaired) electrons. The zero-order valence-corrected chi connectivity index (χ0v) is 20.0. The highest BCUT2D eigenvalue weighted by molar-refractivity contribution is 5.28. The zero-order valence-electron chi connectivity index (χ0n) is 20.0. The van der Waals surface area contributed by atoms with Gasteiger partial charge in [-0.1, -0.05) is 56.2 Å². The lowest BCUT2D eigenvalue weighted by atomic mass is 9.76. The number of rotatable bonds is 6. The van der Waals surface area contributed by atoms with Gasteiger partial charge in [-0.2, -0.15) is 0 Å². The lowest BCUT2D eigenvalue weighted by Gasteiger charge is -2.29. The second-order valence-electron chi connectivity index (χ2n) is 11.0. The maximum absolute atomic E-state index is 13.8. The van der Waals surface area contributed by atoms with Crippen LogP contribution in [0, 0.1) is 23.7 Å². The summed E-state index contributed by atoms with van der Waals surface area (Å²) in [5.41, 5.74) is 3.11. The number of hydrogen-bond donors (Lipinski definition) is 0. The van der Waals surface area contributed by atoms with Crippen LogP contribution in [0.5, 0.6) is 0 Å². The third-order valence-corrected chi connectivity index (χ3v) is 8.76. The van der Waals surface area contributed by atoms with Crippen LogP contribution in [0.3, 0.4) is 0 Å². The SMILES string of the molecule is CC1CCC(c2ccc(C3CCC(/C=C/C4CCC(/C(F)=C/CF)CC4)CC3)cc2)CC1. The molecule has 2 heteroatoms. The lowest BCUT2D eigenvalue weighted by Crippen LogP contribution is -2.15. The number of halogens is 2. The van der Waals surface area contributed by atoms with Gasteiger partial charge >= 0.3 is 0 Å². The largest absolute Gasteiger partial charge is 0.246 e. The normalized spacial score (nSPS) is 34.7. The Balaban J connectivity index is 1.20. The van der Waals surface area contributed by atoms with E-state index in [2.05, 4.69) is 43.3 Å². The van der Waals surface area contributed by atoms with Gasteiger partial charge < -0.3 is 0 Å². The van der Waals surface area contributed by atoms with Gasteiger partial charge in [-0.15, -0.1) is 0 Å². The highest BCUT2D eigenvalue weighted by atomic mass is 19.1. The average molecular weight is 441 g/mol. The second kappa shape index (κ2) is 11.6. The van der Waals surface area contributed by atoms with Crippen molar-refractivity contribution in [3.63, 3.8) is 0 Å². The molecule has 0 spiro atoms. The van der Waals surface area contributed by atoms with E-state index in [1.807, 2.05) is 0 Å². The summed E-state index contributed by atoms with van der Waals surface area (Å²) in [6.45, 7) is 1.71. The first-order valence-corrected chi connectivity index (χ1v) is 13.3. The van der Waals surface area contributed by atoms with Crippen molar-refractivity contribution in [2.75, 3.05) is 6.67 Å². The van der Waals surface area contributed by atoms with Crippen molar-refractivity contribution in [3.8, 4) is 0 Å². The molecule has 0 aliphatic heterocycles. The number of alkyl halides is 1. The molecule has 176 valence electrons. The van der Waals surface area contributed by atoms with Crippen LogP contribution in [0.2, 0.25) is 0 Å². The molecule has 0 aromatic heterocycles. The Bertz CT molecular complexity index is 738. The van der Waals surface area contributed by atoms with Gasteiger partial charge in [-0.05, 0) is 111 Å². The van der Waals surface area contributed by atoms with E-state index in [4.69, 9.17) is 0 Å². The summed E-state index contributed by atoms with van der Waals surface area (Å²) < 4.78 is 26.1. The molecule has 0 heterocycles. The molecule has 3 aliphatic rings. The Morgan fingerprint density at radius 2 is 1.16 bits per heavy atom. The predicted molar refractivity (Wildman–Crippen MR) is 131 cm³/mol. The van der Waals surface area contributed by atoms with Gasteiger partial charge in [-0.25, -0.2) is 8.78 Å². The highest BCUT2D eigenvalue weighted by Crippen LogP contribution is 2.40. The van der Waals surface area contributed by atoms with Crippen LogP contribution in [-0.4, -0.2) is 6.67 Å². The van der Waals surface area contributed by atoms with Gasteiger partial charge in [-0.3, -0.25) is 0 Å². The molecule has 3 aliphatic carbocycles. The van der Waals surface area contributed by atoms with E-state index in [-0.39, 0.29) is 11.7 Å². The molecule has 1 aromatic carbocycles. The van der Waals surface area contributed by atoms with Gasteiger partial charge in [0, 0.05) is 5.92 Å². The predicted octanol–water partition coefficient (Wildman–Crippen LogP) is 9.44. The lowest BCUT2D eigenvalue weighted by molar-refractivity contribution is 0.302. The zero-order chi connectivity index (χ0) is 22.3. The fourth-order valence-electron chi connectivity index (χ4n) is 6.42. The molecule has 0 N–H and O–H groups in total. The molecule has 1 aromatic rings. The first-order valence-electron chi connectivity index (χ1n) is 13.3. The molecule has 0 saturated heterocycles. The van der Waals surface area contributed by atoms with E-state index >= 15 is 0 Å². The van der Waals surface area contributed by atoms with Crippen molar-refractivity contribution in [2.24, 2.45) is 23.7 Å². The summed E-state index contributed by atoms with van der Waals surface area (Å²) >= 11 is 0. The summed E-state index contributed by atoms with van der Waals surface area (Å²) in [4.78, 5) is 0. The maximum Gasteiger partial charge on any atom is 0.110 e. The van der Waals surface area contributed by atoms with Crippen LogP contribution in [0.4, 0.5) is 8.78 Å². The van der Waals surface area contributed by atoms with Crippen LogP contribution in [0.25, 0.3) is 0 Å². The Hall–Kier alpha value is -1.44. The maximum atomic E-state index is 13.8. The van der Waals surface area contributed by atoms with Gasteiger partial charge in [0.25, 0.3) is 0 Å². The van der Waals surface area contributed by atoms with Crippen LogP contribution >= 0.6 is 0 Å². The van der Waals surface area contributed by atoms with Gasteiger partial charge in [0.15, 0.2) is 0 Å². The summed E-state index contributed by atoms with van der Waals surface area (Å²) in [5.74, 6) is 3.44.